The number of carbonyl (C=O) groups excluding carboxylic acids is 1. The van der Waals surface area contributed by atoms with Crippen molar-refractivity contribution in [2.24, 2.45) is 0 Å². The zero-order valence-electron chi connectivity index (χ0n) is 8.66. The van der Waals surface area contributed by atoms with Gasteiger partial charge in [-0.3, -0.25) is 4.79 Å². The van der Waals surface area contributed by atoms with Gasteiger partial charge in [0.2, 0.25) is 0 Å². The molecule has 0 fully saturated rings. The molecular weight excluding hydrogens is 174 g/mol. The predicted molar refractivity (Wildman–Crippen MR) is 59.3 cm³/mol. The highest BCUT2D eigenvalue weighted by Crippen LogP contribution is 2.14. The fourth-order valence-electron chi connectivity index (χ4n) is 1.28. The van der Waals surface area contributed by atoms with Gasteiger partial charge in [-0.05, 0) is 26.0 Å². The molecule has 0 atom stereocenters. The maximum Gasteiger partial charge on any atom is 0.253 e. The smallest absolute Gasteiger partial charge is 0.253 e. The summed E-state index contributed by atoms with van der Waals surface area (Å²) in [5.41, 5.74) is 1.48. The Hall–Kier alpha value is -1.57. The summed E-state index contributed by atoms with van der Waals surface area (Å²) in [6.07, 6.45) is 0. The summed E-state index contributed by atoms with van der Waals surface area (Å²) in [5.74, 6) is -0.0151. The van der Waals surface area contributed by atoms with Crippen molar-refractivity contribution >= 4 is 11.6 Å². The largest absolute Gasteiger partial charge is 0.309 e. The first-order valence-corrected chi connectivity index (χ1v) is 4.69. The van der Waals surface area contributed by atoms with E-state index in [1.807, 2.05) is 37.3 Å². The summed E-state index contributed by atoms with van der Waals surface area (Å²) in [5, 5.41) is 0. The molecule has 0 saturated carbocycles. The number of para-hydroxylation sites is 1. The van der Waals surface area contributed by atoms with Crippen LogP contribution in [0.1, 0.15) is 13.8 Å². The second kappa shape index (κ2) is 4.61. The van der Waals surface area contributed by atoms with Gasteiger partial charge < -0.3 is 4.90 Å². The van der Waals surface area contributed by atoms with Crippen molar-refractivity contribution in [2.75, 3.05) is 11.4 Å². The maximum absolute atomic E-state index is 11.7. The Kier molecular flexibility index (Phi) is 3.46. The number of nitrogens with zero attached hydrogens (tertiary/aromatic N) is 1. The van der Waals surface area contributed by atoms with Crippen LogP contribution in [0.5, 0.6) is 0 Å². The standard InChI is InChI=1S/C12H15NO/c1-4-13(12(14)10(2)3)11-8-6-5-7-9-11/h5-9H,2,4H2,1,3H3. The van der Waals surface area contributed by atoms with Crippen LogP contribution in [0.3, 0.4) is 0 Å². The van der Waals surface area contributed by atoms with Gasteiger partial charge in [-0.1, -0.05) is 24.8 Å². The number of hydrogen-bond donors (Lipinski definition) is 0. The number of rotatable bonds is 3. The minimum atomic E-state index is -0.0151. The number of likely N-dealkylation sites (N-methyl/N-ethyl adjacent to an activating group) is 1. The molecule has 0 saturated heterocycles. The van der Waals surface area contributed by atoms with Gasteiger partial charge in [0.1, 0.15) is 0 Å². The van der Waals surface area contributed by atoms with Crippen molar-refractivity contribution in [2.45, 2.75) is 13.8 Å². The van der Waals surface area contributed by atoms with Crippen molar-refractivity contribution in [3.05, 3.63) is 42.5 Å². The van der Waals surface area contributed by atoms with E-state index in [1.54, 1.807) is 11.8 Å². The van der Waals surface area contributed by atoms with Crippen LogP contribution in [0, 0.1) is 0 Å². The minimum absolute atomic E-state index is 0.0151. The quantitative estimate of drug-likeness (QED) is 0.669. The molecule has 2 nitrogen and oxygen atoms in total. The lowest BCUT2D eigenvalue weighted by molar-refractivity contribution is -0.115. The van der Waals surface area contributed by atoms with Crippen LogP contribution in [-0.2, 0) is 4.79 Å². The van der Waals surface area contributed by atoms with Gasteiger partial charge in [-0.2, -0.15) is 0 Å². The summed E-state index contributed by atoms with van der Waals surface area (Å²) in [7, 11) is 0. The molecule has 14 heavy (non-hydrogen) atoms. The predicted octanol–water partition coefficient (Wildman–Crippen LogP) is 2.62. The maximum atomic E-state index is 11.7. The van der Waals surface area contributed by atoms with Crippen LogP contribution in [0.4, 0.5) is 5.69 Å². The molecule has 0 bridgehead atoms. The molecule has 0 aliphatic carbocycles. The summed E-state index contributed by atoms with van der Waals surface area (Å²) in [6.45, 7) is 8.00. The van der Waals surface area contributed by atoms with Gasteiger partial charge >= 0.3 is 0 Å². The summed E-state index contributed by atoms with van der Waals surface area (Å²) < 4.78 is 0. The lowest BCUT2D eigenvalue weighted by Gasteiger charge is -2.20. The third kappa shape index (κ3) is 2.22. The Morgan fingerprint density at radius 1 is 1.36 bits per heavy atom. The van der Waals surface area contributed by atoms with E-state index < -0.39 is 0 Å². The van der Waals surface area contributed by atoms with E-state index in [1.165, 1.54) is 0 Å². The molecule has 0 radical (unpaired) electrons. The molecule has 0 unspecified atom stereocenters. The molecule has 0 aliphatic rings. The van der Waals surface area contributed by atoms with Crippen LogP contribution >= 0.6 is 0 Å². The Labute approximate surface area is 84.9 Å². The van der Waals surface area contributed by atoms with E-state index in [-0.39, 0.29) is 5.91 Å². The highest BCUT2D eigenvalue weighted by molar-refractivity contribution is 6.04. The number of benzene rings is 1. The molecule has 2 heteroatoms. The van der Waals surface area contributed by atoms with Gasteiger partial charge in [0.05, 0.1) is 0 Å². The Balaban J connectivity index is 2.93. The normalized spacial score (nSPS) is 9.57. The molecule has 0 aliphatic heterocycles. The third-order valence-electron chi connectivity index (χ3n) is 1.99. The highest BCUT2D eigenvalue weighted by atomic mass is 16.2. The van der Waals surface area contributed by atoms with Crippen LogP contribution in [0.25, 0.3) is 0 Å². The summed E-state index contributed by atoms with van der Waals surface area (Å²) >= 11 is 0. The van der Waals surface area contributed by atoms with E-state index in [0.717, 1.165) is 5.69 Å². The zero-order valence-corrected chi connectivity index (χ0v) is 8.66. The average Bonchev–Trinajstić information content (AvgIpc) is 2.20. The van der Waals surface area contributed by atoms with Crippen LogP contribution < -0.4 is 4.90 Å². The van der Waals surface area contributed by atoms with E-state index in [0.29, 0.717) is 12.1 Å². The van der Waals surface area contributed by atoms with Crippen LogP contribution in [0.2, 0.25) is 0 Å². The van der Waals surface area contributed by atoms with E-state index in [2.05, 4.69) is 6.58 Å². The van der Waals surface area contributed by atoms with Crippen LogP contribution in [0.15, 0.2) is 42.5 Å². The van der Waals surface area contributed by atoms with Crippen molar-refractivity contribution in [3.63, 3.8) is 0 Å². The van der Waals surface area contributed by atoms with Gasteiger partial charge in [-0.25, -0.2) is 0 Å². The number of carbonyl (C=O) groups is 1. The molecule has 1 rings (SSSR count). The van der Waals surface area contributed by atoms with Crippen molar-refractivity contribution in [3.8, 4) is 0 Å². The van der Waals surface area contributed by atoms with Gasteiger partial charge in [-0.15, -0.1) is 0 Å². The fraction of sp³-hybridized carbons (Fsp3) is 0.250. The molecule has 0 spiro atoms. The summed E-state index contributed by atoms with van der Waals surface area (Å²) in [4.78, 5) is 13.4. The minimum Gasteiger partial charge on any atom is -0.309 e. The van der Waals surface area contributed by atoms with E-state index in [9.17, 15) is 4.79 Å². The molecule has 1 aromatic rings. The topological polar surface area (TPSA) is 20.3 Å². The summed E-state index contributed by atoms with van der Waals surface area (Å²) in [6, 6.07) is 9.62. The third-order valence-corrected chi connectivity index (χ3v) is 1.99. The molecular formula is C12H15NO. The first-order valence-electron chi connectivity index (χ1n) is 4.69. The Morgan fingerprint density at radius 3 is 2.36 bits per heavy atom. The zero-order chi connectivity index (χ0) is 10.6. The number of amides is 1. The molecule has 0 N–H and O–H groups in total. The second-order valence-electron chi connectivity index (χ2n) is 3.17. The lowest BCUT2D eigenvalue weighted by atomic mass is 10.2. The van der Waals surface area contributed by atoms with Gasteiger partial charge in [0, 0.05) is 17.8 Å². The molecule has 1 amide bonds. The number of anilines is 1. The first-order chi connectivity index (χ1) is 6.66. The lowest BCUT2D eigenvalue weighted by Crippen LogP contribution is -2.30. The first kappa shape index (κ1) is 10.5. The highest BCUT2D eigenvalue weighted by Gasteiger charge is 2.13. The van der Waals surface area contributed by atoms with Gasteiger partial charge in [0.25, 0.3) is 5.91 Å². The van der Waals surface area contributed by atoms with Crippen molar-refractivity contribution in [1.29, 1.82) is 0 Å². The number of hydrogen-bond acceptors (Lipinski definition) is 1. The SMILES string of the molecule is C=C(C)C(=O)N(CC)c1ccccc1. The van der Waals surface area contributed by atoms with Crippen molar-refractivity contribution in [1.82, 2.24) is 0 Å². The Morgan fingerprint density at radius 2 is 1.93 bits per heavy atom. The van der Waals surface area contributed by atoms with Gasteiger partial charge in [0.15, 0.2) is 0 Å². The van der Waals surface area contributed by atoms with E-state index >= 15 is 0 Å². The monoisotopic (exact) mass is 189 g/mol. The second-order valence-corrected chi connectivity index (χ2v) is 3.17. The Bertz CT molecular complexity index is 329. The molecule has 0 heterocycles. The average molecular weight is 189 g/mol. The molecule has 1 aromatic carbocycles. The van der Waals surface area contributed by atoms with Crippen LogP contribution in [-0.4, -0.2) is 12.5 Å². The fourth-order valence-corrected chi connectivity index (χ4v) is 1.28. The van der Waals surface area contributed by atoms with E-state index in [4.69, 9.17) is 0 Å². The van der Waals surface area contributed by atoms with Crippen molar-refractivity contribution < 1.29 is 4.79 Å². The molecule has 74 valence electrons. The molecule has 0 aromatic heterocycles.